The van der Waals surface area contributed by atoms with Crippen molar-refractivity contribution in [2.45, 2.75) is 19.8 Å². The van der Waals surface area contributed by atoms with Gasteiger partial charge in [-0.05, 0) is 6.42 Å². The summed E-state index contributed by atoms with van der Waals surface area (Å²) in [5, 5.41) is -0.252. The summed E-state index contributed by atoms with van der Waals surface area (Å²) in [5.74, 6) is 0. The fraction of sp³-hybridized carbons (Fsp3) is 0.600. The van der Waals surface area contributed by atoms with E-state index in [1.807, 2.05) is 0 Å². The lowest BCUT2D eigenvalue weighted by atomic mass is 10.4. The monoisotopic (exact) mass is 163 g/mol. The first-order chi connectivity index (χ1) is 4.72. The molecule has 0 N–H and O–H groups in total. The van der Waals surface area contributed by atoms with Gasteiger partial charge in [-0.2, -0.15) is 8.42 Å². The zero-order valence-corrected chi connectivity index (χ0v) is 6.27. The molecule has 0 saturated heterocycles. The Kier molecular flexibility index (Phi) is 4.57. The summed E-state index contributed by atoms with van der Waals surface area (Å²) >= 11 is 0. The Labute approximate surface area is 60.3 Å². The molecule has 57 valence electrons. The summed E-state index contributed by atoms with van der Waals surface area (Å²) in [6.07, 6.45) is 0.857. The third-order valence-corrected chi connectivity index (χ3v) is 1.45. The Bertz CT molecular complexity index is 218. The normalized spacial score (nSPS) is 8.50. The van der Waals surface area contributed by atoms with Gasteiger partial charge in [-0.1, -0.05) is 6.92 Å². The van der Waals surface area contributed by atoms with Gasteiger partial charge in [-0.3, -0.25) is 0 Å². The highest BCUT2D eigenvalue weighted by Gasteiger charge is 1.99. The lowest BCUT2D eigenvalue weighted by Crippen LogP contribution is -2.03. The molecule has 0 amide bonds. The van der Waals surface area contributed by atoms with Gasteiger partial charge in [-0.25, -0.2) is 4.79 Å². The van der Waals surface area contributed by atoms with Crippen LogP contribution in [0.25, 0.3) is 0 Å². The average Bonchev–Trinajstić information content (AvgIpc) is 1.87. The number of hydrogen-bond donors (Lipinski definition) is 0. The number of carbonyl (C=O) groups excluding carboxylic acids is 1. The third-order valence-electron chi connectivity index (χ3n) is 0.796. The van der Waals surface area contributed by atoms with Crippen molar-refractivity contribution in [3.63, 3.8) is 0 Å². The molecule has 0 atom stereocenters. The van der Waals surface area contributed by atoms with Crippen LogP contribution in [-0.4, -0.2) is 19.9 Å². The molecule has 0 heterocycles. The summed E-state index contributed by atoms with van der Waals surface area (Å²) < 4.78 is 24.3. The predicted molar refractivity (Wildman–Crippen MR) is 35.6 cm³/mol. The SMILES string of the molecule is CCCC(O[C]=O)=S(=O)=O. The smallest absolute Gasteiger partial charge is 0.406 e. The van der Waals surface area contributed by atoms with Crippen LogP contribution in [0.4, 0.5) is 0 Å². The van der Waals surface area contributed by atoms with E-state index >= 15 is 0 Å². The molecule has 0 fully saturated rings. The Morgan fingerprint density at radius 1 is 1.60 bits per heavy atom. The lowest BCUT2D eigenvalue weighted by molar-refractivity contribution is 0.434. The molecule has 1 radical (unpaired) electrons. The van der Waals surface area contributed by atoms with Crippen molar-refractivity contribution in [2.24, 2.45) is 0 Å². The Balaban J connectivity index is 4.28. The predicted octanol–water partition coefficient (Wildman–Crippen LogP) is -0.121. The van der Waals surface area contributed by atoms with E-state index in [1.165, 1.54) is 0 Å². The highest BCUT2D eigenvalue weighted by Crippen LogP contribution is 1.89. The average molecular weight is 163 g/mol. The first-order valence-electron chi connectivity index (χ1n) is 2.71. The Morgan fingerprint density at radius 3 is 2.50 bits per heavy atom. The summed E-state index contributed by atoms with van der Waals surface area (Å²) in [5.41, 5.74) is 0. The molecular formula is C5H7O4S. The minimum absolute atomic E-state index is 0.241. The minimum atomic E-state index is -2.42. The number of ether oxygens (including phenoxy) is 1. The quantitative estimate of drug-likeness (QED) is 0.544. The van der Waals surface area contributed by atoms with E-state index in [9.17, 15) is 13.2 Å². The largest absolute Gasteiger partial charge is 0.423 e. The van der Waals surface area contributed by atoms with Gasteiger partial charge in [0.15, 0.2) is 0 Å². The molecule has 0 aromatic rings. The van der Waals surface area contributed by atoms with Gasteiger partial charge in [0.2, 0.25) is 5.05 Å². The van der Waals surface area contributed by atoms with Crippen molar-refractivity contribution in [1.29, 1.82) is 0 Å². The molecule has 0 aliphatic heterocycles. The number of hydrogen-bond acceptors (Lipinski definition) is 4. The van der Waals surface area contributed by atoms with Crippen LogP contribution in [0.5, 0.6) is 0 Å². The first kappa shape index (κ1) is 9.16. The van der Waals surface area contributed by atoms with Gasteiger partial charge in [0.1, 0.15) is 0 Å². The van der Waals surface area contributed by atoms with Crippen LogP contribution in [0, 0.1) is 0 Å². The van der Waals surface area contributed by atoms with E-state index in [4.69, 9.17) is 0 Å². The maximum Gasteiger partial charge on any atom is 0.423 e. The Morgan fingerprint density at radius 2 is 2.20 bits per heavy atom. The summed E-state index contributed by atoms with van der Waals surface area (Å²) in [4.78, 5) is 9.55. The van der Waals surface area contributed by atoms with Crippen molar-refractivity contribution in [3.8, 4) is 0 Å². The van der Waals surface area contributed by atoms with E-state index in [2.05, 4.69) is 4.74 Å². The molecule has 0 saturated carbocycles. The van der Waals surface area contributed by atoms with E-state index in [0.29, 0.717) is 6.42 Å². The molecule has 0 aliphatic carbocycles. The summed E-state index contributed by atoms with van der Waals surface area (Å²) in [6, 6.07) is 0. The fourth-order valence-corrected chi connectivity index (χ4v) is 0.892. The van der Waals surface area contributed by atoms with E-state index < -0.39 is 10.3 Å². The highest BCUT2D eigenvalue weighted by molar-refractivity contribution is 7.72. The Hall–Kier alpha value is -0.840. The molecule has 0 aliphatic rings. The first-order valence-corrected chi connectivity index (χ1v) is 3.79. The second kappa shape index (κ2) is 4.99. The van der Waals surface area contributed by atoms with Gasteiger partial charge in [0, 0.05) is 6.42 Å². The van der Waals surface area contributed by atoms with Gasteiger partial charge < -0.3 is 4.74 Å². The molecule has 4 nitrogen and oxygen atoms in total. The van der Waals surface area contributed by atoms with Crippen molar-refractivity contribution in [1.82, 2.24) is 0 Å². The fourth-order valence-electron chi connectivity index (χ4n) is 0.419. The second-order valence-electron chi connectivity index (χ2n) is 1.54. The van der Waals surface area contributed by atoms with Crippen molar-refractivity contribution >= 4 is 21.8 Å². The van der Waals surface area contributed by atoms with Gasteiger partial charge in [0.25, 0.3) is 10.3 Å². The van der Waals surface area contributed by atoms with Crippen LogP contribution in [0.15, 0.2) is 0 Å². The van der Waals surface area contributed by atoms with E-state index in [1.54, 1.807) is 6.92 Å². The zero-order chi connectivity index (χ0) is 7.98. The molecule has 0 aromatic carbocycles. The zero-order valence-electron chi connectivity index (χ0n) is 5.46. The van der Waals surface area contributed by atoms with Crippen LogP contribution >= 0.6 is 0 Å². The maximum absolute atomic E-state index is 10.1. The van der Waals surface area contributed by atoms with Crippen molar-refractivity contribution in [2.75, 3.05) is 0 Å². The van der Waals surface area contributed by atoms with E-state index in [0.717, 1.165) is 6.47 Å². The lowest BCUT2D eigenvalue weighted by Gasteiger charge is -1.91. The molecule has 10 heavy (non-hydrogen) atoms. The third kappa shape index (κ3) is 3.24. The maximum atomic E-state index is 10.1. The van der Waals surface area contributed by atoms with Crippen LogP contribution in [0.2, 0.25) is 0 Å². The van der Waals surface area contributed by atoms with Crippen molar-refractivity contribution < 1.29 is 17.9 Å². The summed E-state index contributed by atoms with van der Waals surface area (Å²) in [7, 11) is -2.42. The molecule has 5 heteroatoms. The van der Waals surface area contributed by atoms with Crippen LogP contribution in [0.3, 0.4) is 0 Å². The molecular weight excluding hydrogens is 156 g/mol. The van der Waals surface area contributed by atoms with E-state index in [-0.39, 0.29) is 11.5 Å². The summed E-state index contributed by atoms with van der Waals surface area (Å²) in [6.45, 7) is 2.83. The molecule has 0 rings (SSSR count). The van der Waals surface area contributed by atoms with Crippen LogP contribution in [0.1, 0.15) is 19.8 Å². The van der Waals surface area contributed by atoms with Gasteiger partial charge in [-0.15, -0.1) is 0 Å². The van der Waals surface area contributed by atoms with Gasteiger partial charge >= 0.3 is 6.47 Å². The molecule has 0 unspecified atom stereocenters. The molecule has 0 bridgehead atoms. The number of rotatable bonds is 3. The highest BCUT2D eigenvalue weighted by atomic mass is 32.2. The minimum Gasteiger partial charge on any atom is -0.406 e. The second-order valence-corrected chi connectivity index (χ2v) is 2.47. The molecule has 0 aromatic heterocycles. The van der Waals surface area contributed by atoms with Crippen LogP contribution < -0.4 is 0 Å². The van der Waals surface area contributed by atoms with Crippen LogP contribution in [-0.2, 0) is 19.8 Å². The topological polar surface area (TPSA) is 60.4 Å². The van der Waals surface area contributed by atoms with Gasteiger partial charge in [0.05, 0.1) is 0 Å². The standard InChI is InChI=1S/C5H7O4S/c1-2-3-5(9-4-6)10(7)8/h2-3H2,1H3. The van der Waals surface area contributed by atoms with Crippen molar-refractivity contribution in [3.05, 3.63) is 0 Å². The molecule has 0 spiro atoms.